The number of sulfonamides is 1. The summed E-state index contributed by atoms with van der Waals surface area (Å²) in [7, 11) is -3.61. The number of hydrogen-bond acceptors (Lipinski definition) is 6. The van der Waals surface area contributed by atoms with E-state index in [9.17, 15) is 18.0 Å². The Morgan fingerprint density at radius 3 is 2.49 bits per heavy atom. The number of hydrogen-bond donors (Lipinski definition) is 0. The van der Waals surface area contributed by atoms with Crippen molar-refractivity contribution in [1.29, 1.82) is 0 Å². The van der Waals surface area contributed by atoms with E-state index in [4.69, 9.17) is 16.3 Å². The third kappa shape index (κ3) is 5.66. The predicted molar refractivity (Wildman–Crippen MR) is 135 cm³/mol. The highest BCUT2D eigenvalue weighted by molar-refractivity contribution is 7.89. The molecule has 2 heterocycles. The quantitative estimate of drug-likeness (QED) is 0.448. The van der Waals surface area contributed by atoms with Crippen LogP contribution in [0.5, 0.6) is 0 Å². The van der Waals surface area contributed by atoms with Crippen LogP contribution in [0.25, 0.3) is 10.2 Å². The Morgan fingerprint density at radius 2 is 1.83 bits per heavy atom. The zero-order chi connectivity index (χ0) is 25.2. The first kappa shape index (κ1) is 25.6. The summed E-state index contributed by atoms with van der Waals surface area (Å²) in [4.78, 5) is 30.2. The van der Waals surface area contributed by atoms with Crippen molar-refractivity contribution >= 4 is 55.1 Å². The number of esters is 1. The lowest BCUT2D eigenvalue weighted by Gasteiger charge is -2.29. The molecule has 8 nitrogen and oxygen atoms in total. The van der Waals surface area contributed by atoms with Crippen molar-refractivity contribution in [2.75, 3.05) is 19.7 Å². The molecule has 186 valence electrons. The highest BCUT2D eigenvalue weighted by Gasteiger charge is 2.32. The molecule has 1 fully saturated rings. The molecule has 0 aliphatic carbocycles. The molecule has 0 N–H and O–H groups in total. The molecule has 11 heteroatoms. The van der Waals surface area contributed by atoms with E-state index in [-0.39, 0.29) is 37.0 Å². The third-order valence-corrected chi connectivity index (χ3v) is 9.09. The average molecular weight is 536 g/mol. The van der Waals surface area contributed by atoms with Gasteiger partial charge in [-0.25, -0.2) is 8.42 Å². The number of halogens is 1. The summed E-state index contributed by atoms with van der Waals surface area (Å²) in [5, 5.41) is 0.544. The Balaban J connectivity index is 1.54. The smallest absolute Gasteiger partial charge is 0.326 e. The van der Waals surface area contributed by atoms with Crippen LogP contribution in [0.1, 0.15) is 25.3 Å². The number of fused-ring (bicyclic) bond motifs is 1. The largest absolute Gasteiger partial charge is 0.465 e. The summed E-state index contributed by atoms with van der Waals surface area (Å²) in [6, 6.07) is 12.0. The highest BCUT2D eigenvalue weighted by Crippen LogP contribution is 2.26. The number of ether oxygens (including phenoxy) is 1. The molecule has 4 rings (SSSR count). The maximum Gasteiger partial charge on any atom is 0.326 e. The van der Waals surface area contributed by atoms with E-state index in [1.807, 2.05) is 6.92 Å². The van der Waals surface area contributed by atoms with E-state index in [2.05, 4.69) is 4.99 Å². The fraction of sp³-hybridized carbons (Fsp3) is 0.375. The summed E-state index contributed by atoms with van der Waals surface area (Å²) >= 11 is 7.39. The maximum absolute atomic E-state index is 13.1. The molecule has 1 saturated heterocycles. The molecule has 2 aromatic carbocycles. The summed E-state index contributed by atoms with van der Waals surface area (Å²) in [5.41, 5.74) is 1.72. The van der Waals surface area contributed by atoms with Crippen molar-refractivity contribution in [3.63, 3.8) is 0 Å². The highest BCUT2D eigenvalue weighted by atomic mass is 35.5. The van der Waals surface area contributed by atoms with Crippen LogP contribution < -0.4 is 4.80 Å². The fourth-order valence-electron chi connectivity index (χ4n) is 4.01. The summed E-state index contributed by atoms with van der Waals surface area (Å²) in [6.07, 6.45) is 0.754. The number of benzene rings is 2. The topological polar surface area (TPSA) is 98.0 Å². The van der Waals surface area contributed by atoms with Crippen molar-refractivity contribution in [2.24, 2.45) is 10.9 Å². The van der Waals surface area contributed by atoms with Gasteiger partial charge in [0.1, 0.15) is 6.54 Å². The molecule has 1 aliphatic heterocycles. The Kier molecular flexibility index (Phi) is 7.75. The number of rotatable bonds is 6. The lowest BCUT2D eigenvalue weighted by atomic mass is 9.98. The van der Waals surface area contributed by atoms with Gasteiger partial charge in [0.05, 0.1) is 21.7 Å². The lowest BCUT2D eigenvalue weighted by Crippen LogP contribution is -2.40. The molecule has 3 aromatic rings. The van der Waals surface area contributed by atoms with Crippen molar-refractivity contribution in [3.05, 3.63) is 57.9 Å². The zero-order valence-electron chi connectivity index (χ0n) is 19.4. The average Bonchev–Trinajstić information content (AvgIpc) is 3.15. The van der Waals surface area contributed by atoms with Gasteiger partial charge >= 0.3 is 5.97 Å². The van der Waals surface area contributed by atoms with Gasteiger partial charge in [0.2, 0.25) is 10.0 Å². The summed E-state index contributed by atoms with van der Waals surface area (Å²) in [5.74, 6) is -1.15. The van der Waals surface area contributed by atoms with Crippen LogP contribution in [0.2, 0.25) is 5.02 Å². The second kappa shape index (κ2) is 10.6. The van der Waals surface area contributed by atoms with E-state index in [0.717, 1.165) is 15.8 Å². The molecule has 1 amide bonds. The van der Waals surface area contributed by atoms with Crippen LogP contribution in [0, 0.1) is 12.8 Å². The number of aryl methyl sites for hydroxylation is 1. The first-order chi connectivity index (χ1) is 16.7. The first-order valence-electron chi connectivity index (χ1n) is 11.3. The monoisotopic (exact) mass is 535 g/mol. The van der Waals surface area contributed by atoms with Gasteiger partial charge in [-0.2, -0.15) is 9.30 Å². The number of thiazole rings is 1. The van der Waals surface area contributed by atoms with Gasteiger partial charge in [0, 0.05) is 24.0 Å². The SMILES string of the molecule is CCOC(=O)Cn1c(=NC(=O)C2CCN(S(=O)(=O)c3ccc(C)cc3)CC2)sc2cc(Cl)ccc21. The summed E-state index contributed by atoms with van der Waals surface area (Å²) in [6.45, 7) is 4.30. The summed E-state index contributed by atoms with van der Waals surface area (Å²) < 4.78 is 34.9. The molecule has 1 aromatic heterocycles. The zero-order valence-corrected chi connectivity index (χ0v) is 21.8. The van der Waals surface area contributed by atoms with Crippen molar-refractivity contribution < 1.29 is 22.7 Å². The maximum atomic E-state index is 13.1. The lowest BCUT2D eigenvalue weighted by molar-refractivity contribution is -0.143. The van der Waals surface area contributed by atoms with Gasteiger partial charge in [-0.05, 0) is 57.0 Å². The second-order valence-corrected chi connectivity index (χ2v) is 11.7. The molecule has 0 unspecified atom stereocenters. The van der Waals surface area contributed by atoms with Crippen molar-refractivity contribution in [2.45, 2.75) is 38.1 Å². The Labute approximate surface area is 212 Å². The van der Waals surface area contributed by atoms with E-state index >= 15 is 0 Å². The normalized spacial score (nSPS) is 16.0. The van der Waals surface area contributed by atoms with Crippen LogP contribution in [0.4, 0.5) is 0 Å². The number of carbonyl (C=O) groups excluding carboxylic acids is 2. The number of nitrogens with zero attached hydrogens (tertiary/aromatic N) is 3. The molecule has 35 heavy (non-hydrogen) atoms. The van der Waals surface area contributed by atoms with Crippen LogP contribution in [-0.2, 0) is 30.9 Å². The van der Waals surface area contributed by atoms with Crippen LogP contribution >= 0.6 is 22.9 Å². The molecule has 0 radical (unpaired) electrons. The molecular weight excluding hydrogens is 510 g/mol. The molecular formula is C24H26ClN3O5S2. The molecule has 0 saturated carbocycles. The number of carbonyl (C=O) groups is 2. The van der Waals surface area contributed by atoms with Gasteiger partial charge in [-0.3, -0.25) is 9.59 Å². The predicted octanol–water partition coefficient (Wildman–Crippen LogP) is 3.76. The fourth-order valence-corrected chi connectivity index (χ4v) is 6.79. The minimum Gasteiger partial charge on any atom is -0.465 e. The Hall–Kier alpha value is -2.53. The van der Waals surface area contributed by atoms with Gasteiger partial charge < -0.3 is 9.30 Å². The molecule has 0 spiro atoms. The van der Waals surface area contributed by atoms with Crippen molar-refractivity contribution in [1.82, 2.24) is 8.87 Å². The molecule has 0 bridgehead atoms. The number of amides is 1. The van der Waals surface area contributed by atoms with Crippen LogP contribution in [-0.4, -0.2) is 48.9 Å². The minimum atomic E-state index is -3.61. The van der Waals surface area contributed by atoms with E-state index < -0.39 is 21.9 Å². The Bertz CT molecular complexity index is 1420. The standard InChI is InChI=1S/C24H26ClN3O5S2/c1-3-33-22(29)15-28-20-9-6-18(25)14-21(20)34-24(28)26-23(30)17-10-12-27(13-11-17)35(31,32)19-7-4-16(2)5-8-19/h4-9,14,17H,3,10-13,15H2,1-2H3. The van der Waals surface area contributed by atoms with Gasteiger partial charge in [-0.15, -0.1) is 0 Å². The number of aromatic nitrogens is 1. The van der Waals surface area contributed by atoms with E-state index in [0.29, 0.717) is 22.7 Å². The minimum absolute atomic E-state index is 0.0746. The molecule has 1 aliphatic rings. The van der Waals surface area contributed by atoms with Gasteiger partial charge in [-0.1, -0.05) is 40.6 Å². The first-order valence-corrected chi connectivity index (χ1v) is 13.9. The van der Waals surface area contributed by atoms with Crippen LogP contribution in [0.15, 0.2) is 52.4 Å². The van der Waals surface area contributed by atoms with Crippen molar-refractivity contribution in [3.8, 4) is 0 Å². The van der Waals surface area contributed by atoms with Gasteiger partial charge in [0.15, 0.2) is 4.80 Å². The number of piperidine rings is 1. The molecule has 0 atom stereocenters. The Morgan fingerprint density at radius 1 is 1.14 bits per heavy atom. The second-order valence-electron chi connectivity index (χ2n) is 8.33. The van der Waals surface area contributed by atoms with E-state index in [1.54, 1.807) is 54.0 Å². The van der Waals surface area contributed by atoms with Gasteiger partial charge in [0.25, 0.3) is 5.91 Å². The van der Waals surface area contributed by atoms with Crippen LogP contribution in [0.3, 0.4) is 0 Å². The van der Waals surface area contributed by atoms with E-state index in [1.165, 1.54) is 15.6 Å². The third-order valence-electron chi connectivity index (χ3n) is 5.91.